The van der Waals surface area contributed by atoms with E-state index in [9.17, 15) is 8.42 Å². The van der Waals surface area contributed by atoms with E-state index in [2.05, 4.69) is 20.1 Å². The topological polar surface area (TPSA) is 110 Å². The fourth-order valence-corrected chi connectivity index (χ4v) is 2.46. The van der Waals surface area contributed by atoms with Crippen molar-refractivity contribution in [2.24, 2.45) is 5.84 Å². The molecule has 0 unspecified atom stereocenters. The van der Waals surface area contributed by atoms with Gasteiger partial charge >= 0.3 is 0 Å². The van der Waals surface area contributed by atoms with Crippen LogP contribution in [0.2, 0.25) is 0 Å². The highest BCUT2D eigenvalue weighted by molar-refractivity contribution is 7.92. The molecule has 2 rings (SSSR count). The van der Waals surface area contributed by atoms with Crippen LogP contribution < -0.4 is 16.0 Å². The molecule has 0 aliphatic carbocycles. The fourth-order valence-electron chi connectivity index (χ4n) is 1.45. The predicted molar refractivity (Wildman–Crippen MR) is 71.8 cm³/mol. The van der Waals surface area contributed by atoms with Crippen LogP contribution in [0.4, 0.5) is 11.6 Å². The van der Waals surface area contributed by atoms with Gasteiger partial charge in [-0.15, -0.1) is 0 Å². The van der Waals surface area contributed by atoms with Gasteiger partial charge in [0.1, 0.15) is 11.6 Å². The van der Waals surface area contributed by atoms with Crippen molar-refractivity contribution in [3.8, 4) is 0 Å². The molecule has 0 saturated heterocycles. The number of hydrazine groups is 1. The Morgan fingerprint density at radius 3 is 2.47 bits per heavy atom. The lowest BCUT2D eigenvalue weighted by molar-refractivity contribution is 0.601. The molecule has 19 heavy (non-hydrogen) atoms. The van der Waals surface area contributed by atoms with E-state index in [1.807, 2.05) is 6.92 Å². The van der Waals surface area contributed by atoms with Crippen LogP contribution in [0.25, 0.3) is 0 Å². The summed E-state index contributed by atoms with van der Waals surface area (Å²) >= 11 is 0. The predicted octanol–water partition coefficient (Wildman–Crippen LogP) is 0.871. The second-order valence-electron chi connectivity index (χ2n) is 3.85. The summed E-state index contributed by atoms with van der Waals surface area (Å²) in [5.41, 5.74) is 3.20. The lowest BCUT2D eigenvalue weighted by atomic mass is 10.3. The maximum absolute atomic E-state index is 12.1. The first-order valence-corrected chi connectivity index (χ1v) is 6.88. The zero-order valence-electron chi connectivity index (χ0n) is 10.2. The number of nitrogens with two attached hydrogens (primary N) is 1. The molecule has 7 nitrogen and oxygen atoms in total. The molecule has 4 N–H and O–H groups in total. The number of rotatable bonds is 4. The van der Waals surface area contributed by atoms with Gasteiger partial charge in [-0.25, -0.2) is 24.2 Å². The number of aromatic nitrogens is 2. The van der Waals surface area contributed by atoms with Crippen LogP contribution in [0, 0.1) is 6.92 Å². The number of nitrogens with one attached hydrogen (secondary N) is 2. The van der Waals surface area contributed by atoms with Crippen LogP contribution >= 0.6 is 0 Å². The van der Waals surface area contributed by atoms with Gasteiger partial charge in [0, 0.05) is 18.5 Å². The van der Waals surface area contributed by atoms with E-state index in [0.717, 1.165) is 5.56 Å². The maximum atomic E-state index is 12.1. The Bertz CT molecular complexity index is 687. The van der Waals surface area contributed by atoms with E-state index in [1.165, 1.54) is 24.5 Å². The first kappa shape index (κ1) is 13.2. The standard InChI is InChI=1S/C11H13N5O2S/c1-8-2-4-14-11(6-8)16-19(17,18)9-3-5-13-10(7-9)15-12/h2-7H,12H2,1H3,(H,13,15)(H,14,16). The Labute approximate surface area is 110 Å². The van der Waals surface area contributed by atoms with Gasteiger partial charge in [-0.2, -0.15) is 0 Å². The quantitative estimate of drug-likeness (QED) is 0.566. The number of aryl methyl sites for hydroxylation is 1. The third kappa shape index (κ3) is 3.18. The molecule has 2 aromatic rings. The fraction of sp³-hybridized carbons (Fsp3) is 0.0909. The Balaban J connectivity index is 2.32. The summed E-state index contributed by atoms with van der Waals surface area (Å²) in [4.78, 5) is 7.85. The van der Waals surface area contributed by atoms with Gasteiger partial charge in [0.25, 0.3) is 10.0 Å². The van der Waals surface area contributed by atoms with E-state index in [-0.39, 0.29) is 16.5 Å². The van der Waals surface area contributed by atoms with E-state index >= 15 is 0 Å². The molecule has 0 atom stereocenters. The van der Waals surface area contributed by atoms with Crippen LogP contribution in [0.5, 0.6) is 0 Å². The van der Waals surface area contributed by atoms with Crippen molar-refractivity contribution < 1.29 is 8.42 Å². The molecule has 0 aliphatic rings. The largest absolute Gasteiger partial charge is 0.308 e. The van der Waals surface area contributed by atoms with Gasteiger partial charge in [0.15, 0.2) is 0 Å². The van der Waals surface area contributed by atoms with Gasteiger partial charge in [-0.3, -0.25) is 4.72 Å². The minimum atomic E-state index is -3.71. The summed E-state index contributed by atoms with van der Waals surface area (Å²) in [6.45, 7) is 1.85. The number of pyridine rings is 2. The minimum absolute atomic E-state index is 0.0544. The Kier molecular flexibility index (Phi) is 3.63. The lowest BCUT2D eigenvalue weighted by Gasteiger charge is -2.08. The molecular formula is C11H13N5O2S. The Morgan fingerprint density at radius 2 is 1.79 bits per heavy atom. The summed E-state index contributed by atoms with van der Waals surface area (Å²) in [5, 5.41) is 0. The van der Waals surface area contributed by atoms with Crippen molar-refractivity contribution >= 4 is 21.7 Å². The molecule has 0 fully saturated rings. The van der Waals surface area contributed by atoms with Gasteiger partial charge in [-0.05, 0) is 30.7 Å². The minimum Gasteiger partial charge on any atom is -0.308 e. The molecular weight excluding hydrogens is 266 g/mol. The molecule has 2 heterocycles. The van der Waals surface area contributed by atoms with Crippen LogP contribution in [0.3, 0.4) is 0 Å². The van der Waals surface area contributed by atoms with Gasteiger partial charge in [0.2, 0.25) is 0 Å². The molecule has 2 aromatic heterocycles. The maximum Gasteiger partial charge on any atom is 0.263 e. The van der Waals surface area contributed by atoms with Crippen molar-refractivity contribution in [1.82, 2.24) is 9.97 Å². The van der Waals surface area contributed by atoms with Crippen LogP contribution in [0.1, 0.15) is 5.56 Å². The van der Waals surface area contributed by atoms with E-state index in [4.69, 9.17) is 5.84 Å². The second-order valence-corrected chi connectivity index (χ2v) is 5.53. The molecule has 0 amide bonds. The summed E-state index contributed by atoms with van der Waals surface area (Å²) in [6, 6.07) is 6.12. The van der Waals surface area contributed by atoms with Crippen molar-refractivity contribution in [3.05, 3.63) is 42.2 Å². The number of hydrogen-bond acceptors (Lipinski definition) is 6. The van der Waals surface area contributed by atoms with Crippen LogP contribution in [-0.4, -0.2) is 18.4 Å². The highest BCUT2D eigenvalue weighted by Crippen LogP contribution is 2.16. The molecule has 100 valence electrons. The Hall–Kier alpha value is -2.19. The van der Waals surface area contributed by atoms with Gasteiger partial charge in [-0.1, -0.05) is 0 Å². The van der Waals surface area contributed by atoms with E-state index < -0.39 is 10.0 Å². The molecule has 0 aromatic carbocycles. The first-order chi connectivity index (χ1) is 9.01. The molecule has 0 spiro atoms. The van der Waals surface area contributed by atoms with Crippen molar-refractivity contribution in [2.45, 2.75) is 11.8 Å². The number of sulfonamides is 1. The SMILES string of the molecule is Cc1ccnc(NS(=O)(=O)c2ccnc(NN)c2)c1. The van der Waals surface area contributed by atoms with Crippen molar-refractivity contribution in [2.75, 3.05) is 10.1 Å². The molecule has 0 radical (unpaired) electrons. The normalized spacial score (nSPS) is 11.1. The number of hydrogen-bond donors (Lipinski definition) is 3. The van der Waals surface area contributed by atoms with Gasteiger partial charge in [0.05, 0.1) is 4.90 Å². The number of nitrogen functional groups attached to an aromatic ring is 1. The highest BCUT2D eigenvalue weighted by atomic mass is 32.2. The third-order valence-corrected chi connectivity index (χ3v) is 3.70. The molecule has 0 aliphatic heterocycles. The molecule has 0 saturated carbocycles. The average molecular weight is 279 g/mol. The van der Waals surface area contributed by atoms with E-state index in [1.54, 1.807) is 12.1 Å². The lowest BCUT2D eigenvalue weighted by Crippen LogP contribution is -2.15. The zero-order valence-corrected chi connectivity index (χ0v) is 11.0. The second kappa shape index (κ2) is 5.21. The molecule has 0 bridgehead atoms. The smallest absolute Gasteiger partial charge is 0.263 e. The molecule has 8 heteroatoms. The first-order valence-electron chi connectivity index (χ1n) is 5.39. The average Bonchev–Trinajstić information content (AvgIpc) is 2.38. The number of anilines is 2. The third-order valence-electron chi connectivity index (χ3n) is 2.34. The number of nitrogens with zero attached hydrogens (tertiary/aromatic N) is 2. The summed E-state index contributed by atoms with van der Waals surface area (Å²) < 4.78 is 26.7. The van der Waals surface area contributed by atoms with Crippen LogP contribution in [-0.2, 0) is 10.0 Å². The summed E-state index contributed by atoms with van der Waals surface area (Å²) in [6.07, 6.45) is 2.89. The monoisotopic (exact) mass is 279 g/mol. The summed E-state index contributed by atoms with van der Waals surface area (Å²) in [5.74, 6) is 5.72. The summed E-state index contributed by atoms with van der Waals surface area (Å²) in [7, 11) is -3.71. The van der Waals surface area contributed by atoms with E-state index in [0.29, 0.717) is 0 Å². The van der Waals surface area contributed by atoms with Crippen molar-refractivity contribution in [3.63, 3.8) is 0 Å². The Morgan fingerprint density at radius 1 is 1.11 bits per heavy atom. The van der Waals surface area contributed by atoms with Crippen molar-refractivity contribution in [1.29, 1.82) is 0 Å². The van der Waals surface area contributed by atoms with Crippen LogP contribution in [0.15, 0.2) is 41.6 Å². The zero-order chi connectivity index (χ0) is 13.9. The van der Waals surface area contributed by atoms with Gasteiger partial charge < -0.3 is 5.43 Å². The highest BCUT2D eigenvalue weighted by Gasteiger charge is 2.15.